The van der Waals surface area contributed by atoms with E-state index >= 15 is 0 Å². The average Bonchev–Trinajstić information content (AvgIpc) is 2.48. The minimum atomic E-state index is -4.68. The molecular weight excluding hydrogens is 310 g/mol. The quantitative estimate of drug-likeness (QED) is 0.792. The van der Waals surface area contributed by atoms with Gasteiger partial charge in [0, 0.05) is 49.1 Å². The molecule has 0 atom stereocenters. The van der Waals surface area contributed by atoms with Crippen LogP contribution in [0.1, 0.15) is 28.2 Å². The van der Waals surface area contributed by atoms with Gasteiger partial charge in [0.25, 0.3) is 0 Å². The van der Waals surface area contributed by atoms with E-state index in [0.717, 1.165) is 17.3 Å². The van der Waals surface area contributed by atoms with Crippen molar-refractivity contribution < 1.29 is 17.6 Å². The number of halogens is 4. The van der Waals surface area contributed by atoms with E-state index in [0.29, 0.717) is 25.3 Å². The molecule has 0 spiro atoms. The van der Waals surface area contributed by atoms with E-state index in [-0.39, 0.29) is 12.1 Å². The summed E-state index contributed by atoms with van der Waals surface area (Å²) >= 11 is 0. The SMILES string of the molecule is Cc1ncc2c(n1)CCN(Cc1cccc(C(F)(F)F)c1F)C2. The minimum Gasteiger partial charge on any atom is -0.294 e. The Balaban J connectivity index is 1.80. The van der Waals surface area contributed by atoms with Gasteiger partial charge in [-0.15, -0.1) is 0 Å². The Morgan fingerprint density at radius 3 is 2.78 bits per heavy atom. The summed E-state index contributed by atoms with van der Waals surface area (Å²) in [5.74, 6) is -0.493. The molecule has 0 aliphatic carbocycles. The van der Waals surface area contributed by atoms with Gasteiger partial charge in [0.05, 0.1) is 5.56 Å². The number of aromatic nitrogens is 2. The van der Waals surface area contributed by atoms with E-state index < -0.39 is 17.6 Å². The summed E-state index contributed by atoms with van der Waals surface area (Å²) in [7, 11) is 0. The van der Waals surface area contributed by atoms with Crippen LogP contribution in [-0.4, -0.2) is 21.4 Å². The summed E-state index contributed by atoms with van der Waals surface area (Å²) in [5.41, 5.74) is 0.732. The van der Waals surface area contributed by atoms with E-state index in [9.17, 15) is 17.6 Å². The highest BCUT2D eigenvalue weighted by Gasteiger charge is 2.35. The van der Waals surface area contributed by atoms with Crippen LogP contribution in [0.15, 0.2) is 24.4 Å². The van der Waals surface area contributed by atoms with Crippen LogP contribution in [0.3, 0.4) is 0 Å². The fourth-order valence-electron chi connectivity index (χ4n) is 2.77. The van der Waals surface area contributed by atoms with Gasteiger partial charge < -0.3 is 0 Å². The first-order chi connectivity index (χ1) is 10.8. The molecule has 0 amide bonds. The number of alkyl halides is 3. The van der Waals surface area contributed by atoms with Gasteiger partial charge in [-0.3, -0.25) is 4.90 Å². The third-order valence-corrected chi connectivity index (χ3v) is 3.91. The Morgan fingerprint density at radius 1 is 1.26 bits per heavy atom. The van der Waals surface area contributed by atoms with Gasteiger partial charge in [-0.05, 0) is 13.0 Å². The van der Waals surface area contributed by atoms with Crippen molar-refractivity contribution in [1.82, 2.24) is 14.9 Å². The van der Waals surface area contributed by atoms with Crippen molar-refractivity contribution in [3.05, 3.63) is 58.4 Å². The molecule has 122 valence electrons. The van der Waals surface area contributed by atoms with Crippen molar-refractivity contribution in [1.29, 1.82) is 0 Å². The Labute approximate surface area is 131 Å². The number of fused-ring (bicyclic) bond motifs is 1. The number of hydrogen-bond donors (Lipinski definition) is 0. The van der Waals surface area contributed by atoms with Crippen LogP contribution in [-0.2, 0) is 25.7 Å². The number of nitrogens with zero attached hydrogens (tertiary/aromatic N) is 3. The maximum Gasteiger partial charge on any atom is 0.419 e. The lowest BCUT2D eigenvalue weighted by molar-refractivity contribution is -0.140. The highest BCUT2D eigenvalue weighted by molar-refractivity contribution is 5.29. The average molecular weight is 325 g/mol. The molecule has 0 saturated heterocycles. The first-order valence-corrected chi connectivity index (χ1v) is 7.23. The van der Waals surface area contributed by atoms with Crippen molar-refractivity contribution >= 4 is 0 Å². The van der Waals surface area contributed by atoms with Gasteiger partial charge in [0.1, 0.15) is 11.6 Å². The molecular formula is C16H15F4N3. The van der Waals surface area contributed by atoms with Crippen molar-refractivity contribution in [2.45, 2.75) is 32.6 Å². The topological polar surface area (TPSA) is 29.0 Å². The molecule has 1 aliphatic rings. The second-order valence-corrected chi connectivity index (χ2v) is 5.63. The van der Waals surface area contributed by atoms with Crippen LogP contribution in [0.25, 0.3) is 0 Å². The van der Waals surface area contributed by atoms with Crippen LogP contribution < -0.4 is 0 Å². The molecule has 3 rings (SSSR count). The van der Waals surface area contributed by atoms with Gasteiger partial charge in [-0.25, -0.2) is 14.4 Å². The summed E-state index contributed by atoms with van der Waals surface area (Å²) in [6.07, 6.45) is -2.27. The largest absolute Gasteiger partial charge is 0.419 e. The molecule has 0 saturated carbocycles. The molecule has 0 fully saturated rings. The Kier molecular flexibility index (Phi) is 4.06. The van der Waals surface area contributed by atoms with Gasteiger partial charge in [-0.1, -0.05) is 12.1 Å². The molecule has 1 aromatic carbocycles. The van der Waals surface area contributed by atoms with Crippen molar-refractivity contribution in [2.75, 3.05) is 6.54 Å². The standard InChI is InChI=1S/C16H15F4N3/c1-10-21-7-12-9-23(6-5-14(12)22-10)8-11-3-2-4-13(15(11)17)16(18,19)20/h2-4,7H,5-6,8-9H2,1H3. The highest BCUT2D eigenvalue weighted by Crippen LogP contribution is 2.33. The van der Waals surface area contributed by atoms with Gasteiger partial charge in [0.15, 0.2) is 0 Å². The van der Waals surface area contributed by atoms with Crippen molar-refractivity contribution in [2.24, 2.45) is 0 Å². The van der Waals surface area contributed by atoms with Crippen molar-refractivity contribution in [3.8, 4) is 0 Å². The first kappa shape index (κ1) is 15.9. The second kappa shape index (κ2) is 5.88. The third kappa shape index (κ3) is 3.34. The lowest BCUT2D eigenvalue weighted by atomic mass is 10.0. The highest BCUT2D eigenvalue weighted by atomic mass is 19.4. The van der Waals surface area contributed by atoms with E-state index in [4.69, 9.17) is 0 Å². The summed E-state index contributed by atoms with van der Waals surface area (Å²) in [4.78, 5) is 10.4. The molecule has 0 bridgehead atoms. The molecule has 0 radical (unpaired) electrons. The molecule has 7 heteroatoms. The molecule has 2 aromatic rings. The zero-order chi connectivity index (χ0) is 16.6. The number of benzene rings is 1. The smallest absolute Gasteiger partial charge is 0.294 e. The zero-order valence-electron chi connectivity index (χ0n) is 12.5. The molecule has 1 aliphatic heterocycles. The predicted octanol–water partition coefficient (Wildman–Crippen LogP) is 3.50. The summed E-state index contributed by atoms with van der Waals surface area (Å²) in [6, 6.07) is 3.40. The normalized spacial score (nSPS) is 15.5. The number of aryl methyl sites for hydroxylation is 1. The molecule has 23 heavy (non-hydrogen) atoms. The molecule has 1 aromatic heterocycles. The summed E-state index contributed by atoms with van der Waals surface area (Å²) < 4.78 is 52.4. The van der Waals surface area contributed by atoms with E-state index in [1.54, 1.807) is 6.20 Å². The maximum absolute atomic E-state index is 14.1. The minimum absolute atomic E-state index is 0.0521. The van der Waals surface area contributed by atoms with Crippen molar-refractivity contribution in [3.63, 3.8) is 0 Å². The third-order valence-electron chi connectivity index (χ3n) is 3.91. The molecule has 2 heterocycles. The van der Waals surface area contributed by atoms with Gasteiger partial charge in [-0.2, -0.15) is 13.2 Å². The first-order valence-electron chi connectivity index (χ1n) is 7.23. The monoisotopic (exact) mass is 325 g/mol. The van der Waals surface area contributed by atoms with Gasteiger partial charge in [0.2, 0.25) is 0 Å². The molecule has 0 N–H and O–H groups in total. The van der Waals surface area contributed by atoms with Crippen LogP contribution in [0.4, 0.5) is 17.6 Å². The fourth-order valence-corrected chi connectivity index (χ4v) is 2.77. The second-order valence-electron chi connectivity index (χ2n) is 5.63. The lowest BCUT2D eigenvalue weighted by Crippen LogP contribution is -2.31. The lowest BCUT2D eigenvalue weighted by Gasteiger charge is -2.28. The van der Waals surface area contributed by atoms with Crippen LogP contribution in [0, 0.1) is 12.7 Å². The van der Waals surface area contributed by atoms with E-state index in [1.807, 2.05) is 11.8 Å². The Morgan fingerprint density at radius 2 is 2.04 bits per heavy atom. The van der Waals surface area contributed by atoms with Crippen LogP contribution >= 0.6 is 0 Å². The fraction of sp³-hybridized carbons (Fsp3) is 0.375. The Bertz CT molecular complexity index is 728. The van der Waals surface area contributed by atoms with E-state index in [1.165, 1.54) is 12.1 Å². The number of hydrogen-bond acceptors (Lipinski definition) is 3. The molecule has 0 unspecified atom stereocenters. The summed E-state index contributed by atoms with van der Waals surface area (Å²) in [5, 5.41) is 0. The van der Waals surface area contributed by atoms with E-state index in [2.05, 4.69) is 9.97 Å². The predicted molar refractivity (Wildman–Crippen MR) is 76.0 cm³/mol. The summed E-state index contributed by atoms with van der Waals surface area (Å²) in [6.45, 7) is 3.07. The van der Waals surface area contributed by atoms with Gasteiger partial charge >= 0.3 is 6.18 Å². The zero-order valence-corrected chi connectivity index (χ0v) is 12.5. The maximum atomic E-state index is 14.1. The Hall–Kier alpha value is -2.02. The van der Waals surface area contributed by atoms with Crippen LogP contribution in [0.2, 0.25) is 0 Å². The molecule has 3 nitrogen and oxygen atoms in total. The number of rotatable bonds is 2. The van der Waals surface area contributed by atoms with Crippen LogP contribution in [0.5, 0.6) is 0 Å².